The molecule has 0 fully saturated rings. The van der Waals surface area contributed by atoms with Gasteiger partial charge >= 0.3 is 6.18 Å². The summed E-state index contributed by atoms with van der Waals surface area (Å²) in [5.41, 5.74) is -0.630. The Morgan fingerprint density at radius 3 is 2.71 bits per heavy atom. The predicted octanol–water partition coefficient (Wildman–Crippen LogP) is 3.47. The average molecular weight is 240 g/mol. The van der Waals surface area contributed by atoms with E-state index in [0.717, 1.165) is 12.2 Å². The summed E-state index contributed by atoms with van der Waals surface area (Å²) in [7, 11) is 0. The van der Waals surface area contributed by atoms with Crippen LogP contribution in [0.15, 0.2) is 28.4 Å². The number of alkyl halides is 4. The van der Waals surface area contributed by atoms with Gasteiger partial charge < -0.3 is 0 Å². The molecule has 1 rings (SSSR count). The van der Waals surface area contributed by atoms with E-state index < -0.39 is 17.1 Å². The first kappa shape index (κ1) is 11.4. The third-order valence-corrected chi connectivity index (χ3v) is 2.16. The van der Waals surface area contributed by atoms with Crippen LogP contribution < -0.4 is 0 Å². The number of hydrogen-bond donors (Lipinski definition) is 0. The molecule has 0 bridgehead atoms. The number of halogens is 4. The van der Waals surface area contributed by atoms with Gasteiger partial charge in [-0.25, -0.2) is 0 Å². The second kappa shape index (κ2) is 4.26. The third kappa shape index (κ3) is 2.67. The molecular weight excluding hydrogens is 235 g/mol. The molecule has 0 saturated carbocycles. The second-order valence-electron chi connectivity index (χ2n) is 2.63. The quantitative estimate of drug-likeness (QED) is 0.388. The van der Waals surface area contributed by atoms with E-state index >= 15 is 0 Å². The topological polar surface area (TPSA) is 12.4 Å². The van der Waals surface area contributed by atoms with Crippen LogP contribution >= 0.6 is 23.8 Å². The van der Waals surface area contributed by atoms with Gasteiger partial charge in [-0.3, -0.25) is 0 Å². The van der Waals surface area contributed by atoms with Crippen molar-refractivity contribution in [2.24, 2.45) is 4.99 Å². The Kier molecular flexibility index (Phi) is 3.48. The van der Waals surface area contributed by atoms with Crippen LogP contribution in [-0.2, 0) is 0 Å². The maximum atomic E-state index is 12.2. The van der Waals surface area contributed by atoms with Crippen LogP contribution in [0.4, 0.5) is 13.2 Å². The molecule has 0 spiro atoms. The lowest BCUT2D eigenvalue weighted by Gasteiger charge is -2.16. The molecule has 0 amide bonds. The van der Waals surface area contributed by atoms with E-state index in [0.29, 0.717) is 0 Å². The van der Waals surface area contributed by atoms with Crippen molar-refractivity contribution >= 4 is 29.0 Å². The molecule has 76 valence electrons. The van der Waals surface area contributed by atoms with Gasteiger partial charge in [-0.1, -0.05) is 6.08 Å². The Balaban J connectivity index is 3.00. The van der Waals surface area contributed by atoms with Crippen LogP contribution in [0.25, 0.3) is 0 Å². The minimum Gasteiger partial charge on any atom is -0.198 e. The molecule has 0 aromatic carbocycles. The Hall–Kier alpha value is -0.640. The molecule has 14 heavy (non-hydrogen) atoms. The third-order valence-electron chi connectivity index (χ3n) is 1.67. The van der Waals surface area contributed by atoms with E-state index in [4.69, 9.17) is 11.6 Å². The van der Waals surface area contributed by atoms with E-state index in [1.165, 1.54) is 0 Å². The van der Waals surface area contributed by atoms with Crippen LogP contribution in [-0.4, -0.2) is 16.7 Å². The molecule has 0 radical (unpaired) electrons. The van der Waals surface area contributed by atoms with Crippen LogP contribution in [0.5, 0.6) is 0 Å². The average Bonchev–Trinajstić information content (AvgIpc) is 2.07. The summed E-state index contributed by atoms with van der Waals surface area (Å²) in [5.74, 6) is 0. The normalized spacial score (nSPS) is 22.1. The highest BCUT2D eigenvalue weighted by Gasteiger charge is 2.34. The molecule has 0 saturated heterocycles. The van der Waals surface area contributed by atoms with Crippen LogP contribution in [0.2, 0.25) is 0 Å². The fourth-order valence-electron chi connectivity index (χ4n) is 1.01. The molecule has 0 aliphatic heterocycles. The van der Waals surface area contributed by atoms with Crippen molar-refractivity contribution in [3.8, 4) is 0 Å². The summed E-state index contributed by atoms with van der Waals surface area (Å²) in [6, 6.07) is 0. The van der Waals surface area contributed by atoms with Crippen molar-refractivity contribution in [3.63, 3.8) is 0 Å². The zero-order valence-corrected chi connectivity index (χ0v) is 8.38. The molecule has 1 unspecified atom stereocenters. The molecule has 0 heterocycles. The van der Waals surface area contributed by atoms with Crippen LogP contribution in [0, 0.1) is 0 Å². The van der Waals surface area contributed by atoms with Gasteiger partial charge in [0.15, 0.2) is 0 Å². The highest BCUT2D eigenvalue weighted by Crippen LogP contribution is 2.33. The number of nitrogens with zero attached hydrogens (tertiary/aromatic N) is 1. The van der Waals surface area contributed by atoms with Gasteiger partial charge in [-0.05, 0) is 24.7 Å². The van der Waals surface area contributed by atoms with E-state index in [1.807, 2.05) is 5.16 Å². The van der Waals surface area contributed by atoms with Gasteiger partial charge in [-0.15, -0.1) is 11.6 Å². The number of aliphatic imine (C=N–C) groups is 1. The SMILES string of the molecule is FC(F)(F)C1=CCC(Cl)C(N=C=S)=C1. The summed E-state index contributed by atoms with van der Waals surface area (Å²) < 4.78 is 36.7. The Morgan fingerprint density at radius 1 is 1.57 bits per heavy atom. The Bertz CT molecular complexity index is 339. The molecule has 1 aliphatic carbocycles. The minimum atomic E-state index is -4.36. The summed E-state index contributed by atoms with van der Waals surface area (Å²) in [6.07, 6.45) is -2.33. The molecule has 0 aromatic rings. The lowest BCUT2D eigenvalue weighted by Crippen LogP contribution is -2.16. The van der Waals surface area contributed by atoms with Crippen LogP contribution in [0.1, 0.15) is 6.42 Å². The van der Waals surface area contributed by atoms with E-state index in [1.54, 1.807) is 0 Å². The smallest absolute Gasteiger partial charge is 0.198 e. The maximum absolute atomic E-state index is 12.2. The minimum absolute atomic E-state index is 0.0999. The zero-order valence-electron chi connectivity index (χ0n) is 6.81. The first-order valence-electron chi connectivity index (χ1n) is 3.66. The maximum Gasteiger partial charge on any atom is 0.416 e. The Labute approximate surface area is 89.0 Å². The lowest BCUT2D eigenvalue weighted by atomic mass is 10.0. The van der Waals surface area contributed by atoms with Crippen molar-refractivity contribution in [2.45, 2.75) is 18.0 Å². The van der Waals surface area contributed by atoms with Gasteiger partial charge in [0, 0.05) is 0 Å². The van der Waals surface area contributed by atoms with E-state index in [-0.39, 0.29) is 12.1 Å². The fourth-order valence-corrected chi connectivity index (χ4v) is 1.32. The first-order chi connectivity index (χ1) is 6.45. The second-order valence-corrected chi connectivity index (χ2v) is 3.34. The summed E-state index contributed by atoms with van der Waals surface area (Å²) in [5, 5.41) is 1.44. The van der Waals surface area contributed by atoms with Gasteiger partial charge in [0.1, 0.15) is 0 Å². The zero-order chi connectivity index (χ0) is 10.8. The first-order valence-corrected chi connectivity index (χ1v) is 4.50. The number of hydrogen-bond acceptors (Lipinski definition) is 2. The van der Waals surface area contributed by atoms with Crippen LogP contribution in [0.3, 0.4) is 0 Å². The van der Waals surface area contributed by atoms with Crippen molar-refractivity contribution in [3.05, 3.63) is 23.4 Å². The molecule has 1 atom stereocenters. The van der Waals surface area contributed by atoms with Gasteiger partial charge in [0.05, 0.1) is 21.8 Å². The summed E-state index contributed by atoms with van der Waals surface area (Å²) in [4.78, 5) is 3.48. The van der Waals surface area contributed by atoms with Gasteiger partial charge in [0.2, 0.25) is 0 Å². The summed E-state index contributed by atoms with van der Waals surface area (Å²) >= 11 is 10.0. The molecule has 6 heteroatoms. The summed E-state index contributed by atoms with van der Waals surface area (Å²) in [6.45, 7) is 0. The van der Waals surface area contributed by atoms with E-state index in [9.17, 15) is 13.2 Å². The number of isothiocyanates is 1. The highest BCUT2D eigenvalue weighted by atomic mass is 35.5. The number of rotatable bonds is 1. The Morgan fingerprint density at radius 2 is 2.21 bits per heavy atom. The molecule has 0 N–H and O–H groups in total. The molecule has 0 aromatic heterocycles. The monoisotopic (exact) mass is 239 g/mol. The van der Waals surface area contributed by atoms with Gasteiger partial charge in [-0.2, -0.15) is 18.2 Å². The largest absolute Gasteiger partial charge is 0.416 e. The lowest BCUT2D eigenvalue weighted by molar-refractivity contribution is -0.0886. The molecule has 1 nitrogen and oxygen atoms in total. The van der Waals surface area contributed by atoms with Crippen molar-refractivity contribution in [1.82, 2.24) is 0 Å². The van der Waals surface area contributed by atoms with Crippen molar-refractivity contribution in [2.75, 3.05) is 0 Å². The standard InChI is InChI=1S/C8H5ClF3NS/c9-6-2-1-5(8(10,11)12)3-7(6)13-4-14/h1,3,6H,2H2. The van der Waals surface area contributed by atoms with E-state index in [2.05, 4.69) is 17.2 Å². The van der Waals surface area contributed by atoms with Crippen molar-refractivity contribution in [1.29, 1.82) is 0 Å². The van der Waals surface area contributed by atoms with Crippen molar-refractivity contribution < 1.29 is 13.2 Å². The predicted molar refractivity (Wildman–Crippen MR) is 51.5 cm³/mol. The highest BCUT2D eigenvalue weighted by molar-refractivity contribution is 7.78. The molecular formula is C8H5ClF3NS. The van der Waals surface area contributed by atoms with Gasteiger partial charge in [0.25, 0.3) is 0 Å². The fraction of sp³-hybridized carbons (Fsp3) is 0.375. The number of thiocarbonyl (C=S) groups is 1. The number of allylic oxidation sites excluding steroid dienone is 4. The molecule has 1 aliphatic rings.